The van der Waals surface area contributed by atoms with E-state index in [9.17, 15) is 21.6 Å². The second kappa shape index (κ2) is 5.32. The van der Waals surface area contributed by atoms with Crippen molar-refractivity contribution in [1.29, 1.82) is 0 Å². The second-order valence-electron chi connectivity index (χ2n) is 4.45. The van der Waals surface area contributed by atoms with E-state index in [4.69, 9.17) is 9.52 Å². The van der Waals surface area contributed by atoms with Crippen molar-refractivity contribution in [3.8, 4) is 0 Å². The van der Waals surface area contributed by atoms with Crippen molar-refractivity contribution in [1.82, 2.24) is 4.31 Å². The van der Waals surface area contributed by atoms with E-state index in [0.29, 0.717) is 15.3 Å². The number of hydrogen-bond acceptors (Lipinski definition) is 4. The molecule has 1 aromatic heterocycles. The summed E-state index contributed by atoms with van der Waals surface area (Å²) in [5.41, 5.74) is 0.306. The van der Waals surface area contributed by atoms with Gasteiger partial charge in [-0.2, -0.15) is 17.5 Å². The molecule has 9 heteroatoms. The fourth-order valence-corrected chi connectivity index (χ4v) is 2.80. The van der Waals surface area contributed by atoms with Crippen LogP contribution < -0.4 is 0 Å². The monoisotopic (exact) mass is 323 g/mol. The topological polar surface area (TPSA) is 70.8 Å². The average molecular weight is 323 g/mol. The molecule has 2 aromatic rings. The highest BCUT2D eigenvalue weighted by Crippen LogP contribution is 2.26. The van der Waals surface area contributed by atoms with Crippen LogP contribution in [0.25, 0.3) is 11.0 Å². The number of furan rings is 1. The van der Waals surface area contributed by atoms with Gasteiger partial charge in [-0.15, -0.1) is 0 Å². The first-order valence-electron chi connectivity index (χ1n) is 5.82. The van der Waals surface area contributed by atoms with Crippen LogP contribution in [0.5, 0.6) is 0 Å². The lowest BCUT2D eigenvalue weighted by molar-refractivity contribution is -0.204. The maximum Gasteiger partial charge on any atom is 0.415 e. The molecule has 0 bridgehead atoms. The standard InChI is InChI=1S/C12H12F3NO4S/c1-16(7-10(17)12(13,14)15)21(18,19)11-6-8-4-2-3-5-9(8)20-11/h2-6,10,17H,7H2,1H3/t10-/m1/s1. The van der Waals surface area contributed by atoms with Crippen LogP contribution in [0.4, 0.5) is 13.2 Å². The molecule has 1 aromatic carbocycles. The lowest BCUT2D eigenvalue weighted by Crippen LogP contribution is -2.41. The molecule has 0 aliphatic heterocycles. The van der Waals surface area contributed by atoms with Crippen molar-refractivity contribution in [3.63, 3.8) is 0 Å². The summed E-state index contributed by atoms with van der Waals surface area (Å²) in [5.74, 6) is 0. The zero-order valence-electron chi connectivity index (χ0n) is 10.8. The Labute approximate surface area is 118 Å². The smallest absolute Gasteiger partial charge is 0.415 e. The molecule has 0 radical (unpaired) electrons. The summed E-state index contributed by atoms with van der Waals surface area (Å²) in [4.78, 5) is 0. The minimum absolute atomic E-state index is 0.306. The normalized spacial score (nSPS) is 14.8. The van der Waals surface area contributed by atoms with Gasteiger partial charge >= 0.3 is 6.18 Å². The van der Waals surface area contributed by atoms with Crippen LogP contribution in [0.1, 0.15) is 0 Å². The third-order valence-electron chi connectivity index (χ3n) is 2.88. The van der Waals surface area contributed by atoms with Crippen LogP contribution in [-0.2, 0) is 10.0 Å². The zero-order valence-corrected chi connectivity index (χ0v) is 11.6. The molecule has 21 heavy (non-hydrogen) atoms. The first-order valence-corrected chi connectivity index (χ1v) is 7.26. The maximum atomic E-state index is 12.3. The van der Waals surface area contributed by atoms with Crippen molar-refractivity contribution in [2.75, 3.05) is 13.6 Å². The Hall–Kier alpha value is -1.58. The van der Waals surface area contributed by atoms with E-state index in [1.165, 1.54) is 6.07 Å². The number of para-hydroxylation sites is 1. The molecule has 0 amide bonds. The molecule has 5 nitrogen and oxygen atoms in total. The Morgan fingerprint density at radius 1 is 1.33 bits per heavy atom. The summed E-state index contributed by atoms with van der Waals surface area (Å²) >= 11 is 0. The fraction of sp³-hybridized carbons (Fsp3) is 0.333. The highest BCUT2D eigenvalue weighted by Gasteiger charge is 2.41. The van der Waals surface area contributed by atoms with Crippen molar-refractivity contribution in [3.05, 3.63) is 30.3 Å². The summed E-state index contributed by atoms with van der Waals surface area (Å²) < 4.78 is 66.6. The van der Waals surface area contributed by atoms with Gasteiger partial charge in [-0.1, -0.05) is 18.2 Å². The first-order chi connectivity index (χ1) is 9.62. The average Bonchev–Trinajstić information content (AvgIpc) is 2.81. The Morgan fingerprint density at radius 3 is 2.52 bits per heavy atom. The molecule has 2 rings (SSSR count). The number of aliphatic hydroxyl groups is 1. The van der Waals surface area contributed by atoms with E-state index in [0.717, 1.165) is 7.05 Å². The van der Waals surface area contributed by atoms with E-state index < -0.39 is 33.9 Å². The molecule has 0 spiro atoms. The number of likely N-dealkylation sites (N-methyl/N-ethyl adjacent to an activating group) is 1. The van der Waals surface area contributed by atoms with Crippen LogP contribution in [0.2, 0.25) is 0 Å². The van der Waals surface area contributed by atoms with Crippen molar-refractivity contribution in [2.24, 2.45) is 0 Å². The molecule has 0 fully saturated rings. The van der Waals surface area contributed by atoms with Crippen LogP contribution in [0, 0.1) is 0 Å². The van der Waals surface area contributed by atoms with Crippen LogP contribution in [0.3, 0.4) is 0 Å². The predicted molar refractivity (Wildman–Crippen MR) is 68.1 cm³/mol. The molecule has 0 aliphatic carbocycles. The first kappa shape index (κ1) is 15.8. The Bertz CT molecular complexity index is 705. The highest BCUT2D eigenvalue weighted by molar-refractivity contribution is 7.89. The molecule has 1 N–H and O–H groups in total. The number of alkyl halides is 3. The highest BCUT2D eigenvalue weighted by atomic mass is 32.2. The Balaban J connectivity index is 2.28. The molecule has 0 saturated heterocycles. The van der Waals surface area contributed by atoms with Crippen LogP contribution in [0.15, 0.2) is 39.8 Å². The molecule has 0 saturated carbocycles. The van der Waals surface area contributed by atoms with Gasteiger partial charge in [0.2, 0.25) is 5.09 Å². The van der Waals surface area contributed by atoms with Crippen molar-refractivity contribution < 1.29 is 31.1 Å². The number of halogens is 3. The van der Waals surface area contributed by atoms with E-state index in [2.05, 4.69) is 0 Å². The van der Waals surface area contributed by atoms with E-state index in [1.807, 2.05) is 0 Å². The number of rotatable bonds is 4. The molecule has 0 unspecified atom stereocenters. The third kappa shape index (κ3) is 3.20. The molecular formula is C12H12F3NO4S. The summed E-state index contributed by atoms with van der Waals surface area (Å²) in [6.07, 6.45) is -7.65. The van der Waals surface area contributed by atoms with Gasteiger partial charge in [-0.3, -0.25) is 0 Å². The summed E-state index contributed by atoms with van der Waals surface area (Å²) in [6.45, 7) is -1.11. The maximum absolute atomic E-state index is 12.3. The quantitative estimate of drug-likeness (QED) is 0.934. The molecule has 1 atom stereocenters. The molecule has 0 aliphatic rings. The van der Waals surface area contributed by atoms with Crippen LogP contribution in [-0.4, -0.2) is 43.7 Å². The fourth-order valence-electron chi connectivity index (χ4n) is 1.68. The molecule has 1 heterocycles. The number of hydrogen-bond donors (Lipinski definition) is 1. The Morgan fingerprint density at radius 2 is 1.95 bits per heavy atom. The SMILES string of the molecule is CN(C[C@@H](O)C(F)(F)F)S(=O)(=O)c1cc2ccccc2o1. The van der Waals surface area contributed by atoms with Gasteiger partial charge in [0.1, 0.15) is 5.58 Å². The summed E-state index contributed by atoms with van der Waals surface area (Å²) in [7, 11) is -3.31. The lowest BCUT2D eigenvalue weighted by Gasteiger charge is -2.20. The summed E-state index contributed by atoms with van der Waals surface area (Å²) in [5, 5.41) is 8.99. The number of benzene rings is 1. The van der Waals surface area contributed by atoms with E-state index in [-0.39, 0.29) is 0 Å². The minimum atomic E-state index is -4.89. The summed E-state index contributed by atoms with van der Waals surface area (Å²) in [6, 6.07) is 7.69. The van der Waals surface area contributed by atoms with Gasteiger partial charge in [0.25, 0.3) is 10.0 Å². The van der Waals surface area contributed by atoms with Gasteiger partial charge in [0, 0.05) is 25.0 Å². The predicted octanol–water partition coefficient (Wildman–Crippen LogP) is 1.98. The number of sulfonamides is 1. The Kier molecular flexibility index (Phi) is 4.00. The molecule has 116 valence electrons. The van der Waals surface area contributed by atoms with E-state index >= 15 is 0 Å². The third-order valence-corrected chi connectivity index (χ3v) is 4.55. The van der Waals surface area contributed by atoms with Crippen molar-refractivity contribution >= 4 is 21.0 Å². The minimum Gasteiger partial charge on any atom is -0.443 e. The van der Waals surface area contributed by atoms with Crippen LogP contribution >= 0.6 is 0 Å². The van der Waals surface area contributed by atoms with Gasteiger partial charge in [-0.25, -0.2) is 8.42 Å². The van der Waals surface area contributed by atoms with Crippen molar-refractivity contribution in [2.45, 2.75) is 17.4 Å². The van der Waals surface area contributed by atoms with Gasteiger partial charge < -0.3 is 9.52 Å². The molecular weight excluding hydrogens is 311 g/mol. The number of nitrogens with zero attached hydrogens (tertiary/aromatic N) is 1. The zero-order chi connectivity index (χ0) is 15.8. The largest absolute Gasteiger partial charge is 0.443 e. The lowest BCUT2D eigenvalue weighted by atomic mass is 10.3. The second-order valence-corrected chi connectivity index (χ2v) is 6.42. The van der Waals surface area contributed by atoms with Gasteiger partial charge in [0.15, 0.2) is 6.10 Å². The van der Waals surface area contributed by atoms with Gasteiger partial charge in [0.05, 0.1) is 0 Å². The number of fused-ring (bicyclic) bond motifs is 1. The van der Waals surface area contributed by atoms with Gasteiger partial charge in [-0.05, 0) is 6.07 Å². The number of aliphatic hydroxyl groups excluding tert-OH is 1. The van der Waals surface area contributed by atoms with E-state index in [1.54, 1.807) is 24.3 Å².